The van der Waals surface area contributed by atoms with Crippen LogP contribution in [-0.2, 0) is 6.54 Å². The third-order valence-corrected chi connectivity index (χ3v) is 3.47. The molecule has 2 N–H and O–H groups in total. The van der Waals surface area contributed by atoms with Gasteiger partial charge in [0.25, 0.3) is 0 Å². The first kappa shape index (κ1) is 13.0. The van der Waals surface area contributed by atoms with Gasteiger partial charge in [-0.25, -0.2) is 0 Å². The first-order chi connectivity index (χ1) is 9.76. The van der Waals surface area contributed by atoms with Crippen LogP contribution in [0.1, 0.15) is 5.56 Å². The van der Waals surface area contributed by atoms with Crippen LogP contribution in [0.4, 0.5) is 0 Å². The Balaban J connectivity index is 1.96. The van der Waals surface area contributed by atoms with Gasteiger partial charge >= 0.3 is 0 Å². The molecule has 0 bridgehead atoms. The molecule has 1 aromatic heterocycles. The molecule has 0 fully saturated rings. The molecule has 0 unspecified atom stereocenters. The minimum Gasteiger partial charge on any atom is -0.437 e. The van der Waals surface area contributed by atoms with Gasteiger partial charge in [0.2, 0.25) is 5.88 Å². The SMILES string of the molecule is NCc1ccnnc1Oc1ccc2cc(Br)ccc2c1. The summed E-state index contributed by atoms with van der Waals surface area (Å²) in [6.07, 6.45) is 1.60. The predicted molar refractivity (Wildman–Crippen MR) is 81.6 cm³/mol. The van der Waals surface area contributed by atoms with Gasteiger partial charge in [-0.3, -0.25) is 0 Å². The Kier molecular flexibility index (Phi) is 3.62. The van der Waals surface area contributed by atoms with Gasteiger partial charge < -0.3 is 10.5 Å². The molecule has 0 aliphatic carbocycles. The van der Waals surface area contributed by atoms with Crippen LogP contribution in [0.3, 0.4) is 0 Å². The van der Waals surface area contributed by atoms with Crippen molar-refractivity contribution in [3.8, 4) is 11.6 Å². The third-order valence-electron chi connectivity index (χ3n) is 2.97. The fourth-order valence-electron chi connectivity index (χ4n) is 1.96. The summed E-state index contributed by atoms with van der Waals surface area (Å²) in [4.78, 5) is 0. The van der Waals surface area contributed by atoms with E-state index >= 15 is 0 Å². The molecule has 0 aliphatic heterocycles. The monoisotopic (exact) mass is 329 g/mol. The van der Waals surface area contributed by atoms with Crippen molar-refractivity contribution >= 4 is 26.7 Å². The lowest BCUT2D eigenvalue weighted by atomic mass is 10.1. The van der Waals surface area contributed by atoms with Crippen molar-refractivity contribution in [1.29, 1.82) is 0 Å². The molecule has 3 rings (SSSR count). The number of benzene rings is 2. The van der Waals surface area contributed by atoms with Crippen LogP contribution in [0.25, 0.3) is 10.8 Å². The highest BCUT2D eigenvalue weighted by molar-refractivity contribution is 9.10. The van der Waals surface area contributed by atoms with Crippen molar-refractivity contribution in [3.05, 3.63) is 58.7 Å². The Morgan fingerprint density at radius 1 is 1.05 bits per heavy atom. The zero-order valence-electron chi connectivity index (χ0n) is 10.6. The summed E-state index contributed by atoms with van der Waals surface area (Å²) in [5.74, 6) is 1.17. The Bertz CT molecular complexity index is 761. The fourth-order valence-corrected chi connectivity index (χ4v) is 2.33. The van der Waals surface area contributed by atoms with E-state index in [-0.39, 0.29) is 0 Å². The first-order valence-electron chi connectivity index (χ1n) is 6.14. The van der Waals surface area contributed by atoms with Gasteiger partial charge in [-0.15, -0.1) is 5.10 Å². The highest BCUT2D eigenvalue weighted by atomic mass is 79.9. The summed E-state index contributed by atoms with van der Waals surface area (Å²) in [5, 5.41) is 10.1. The Morgan fingerprint density at radius 2 is 1.85 bits per heavy atom. The lowest BCUT2D eigenvalue weighted by molar-refractivity contribution is 0.449. The van der Waals surface area contributed by atoms with E-state index in [1.54, 1.807) is 12.3 Å². The van der Waals surface area contributed by atoms with Crippen molar-refractivity contribution in [2.45, 2.75) is 6.54 Å². The molecule has 1 heterocycles. The number of halogens is 1. The normalized spacial score (nSPS) is 10.7. The van der Waals surface area contributed by atoms with Crippen molar-refractivity contribution in [1.82, 2.24) is 10.2 Å². The summed E-state index contributed by atoms with van der Waals surface area (Å²) in [6, 6.07) is 13.8. The van der Waals surface area contributed by atoms with Crippen LogP contribution in [0.2, 0.25) is 0 Å². The van der Waals surface area contributed by atoms with Gasteiger partial charge in [-0.05, 0) is 41.1 Å². The molecule has 5 heteroatoms. The maximum absolute atomic E-state index is 5.77. The van der Waals surface area contributed by atoms with Crippen molar-refractivity contribution in [3.63, 3.8) is 0 Å². The van der Waals surface area contributed by atoms with Crippen molar-refractivity contribution in [2.75, 3.05) is 0 Å². The number of nitrogens with two attached hydrogens (primary N) is 1. The average molecular weight is 330 g/mol. The lowest BCUT2D eigenvalue weighted by Crippen LogP contribution is -2.02. The van der Waals surface area contributed by atoms with Gasteiger partial charge in [0.1, 0.15) is 5.75 Å². The summed E-state index contributed by atoms with van der Waals surface area (Å²) >= 11 is 3.46. The molecule has 20 heavy (non-hydrogen) atoms. The van der Waals surface area contributed by atoms with Gasteiger partial charge in [0.05, 0.1) is 6.20 Å². The van der Waals surface area contributed by atoms with E-state index < -0.39 is 0 Å². The number of fused-ring (bicyclic) bond motifs is 1. The van der Waals surface area contributed by atoms with Crippen LogP contribution in [0, 0.1) is 0 Å². The standard InChI is InChI=1S/C15H12BrN3O/c16-13-3-1-11-8-14(4-2-10(11)7-13)20-15-12(9-17)5-6-18-19-15/h1-8H,9,17H2. The number of aromatic nitrogens is 2. The van der Waals surface area contributed by atoms with Gasteiger partial charge in [-0.1, -0.05) is 28.1 Å². The summed E-state index contributed by atoms with van der Waals surface area (Å²) in [7, 11) is 0. The van der Waals surface area contributed by atoms with Gasteiger partial charge in [0, 0.05) is 16.6 Å². The molecule has 0 radical (unpaired) electrons. The lowest BCUT2D eigenvalue weighted by Gasteiger charge is -2.08. The molecule has 0 aliphatic rings. The first-order valence-corrected chi connectivity index (χ1v) is 6.93. The van der Waals surface area contributed by atoms with Crippen molar-refractivity contribution < 1.29 is 4.74 Å². The maximum Gasteiger partial charge on any atom is 0.243 e. The largest absolute Gasteiger partial charge is 0.437 e. The molecular weight excluding hydrogens is 318 g/mol. The molecular formula is C15H12BrN3O. The minimum absolute atomic E-state index is 0.366. The molecule has 4 nitrogen and oxygen atoms in total. The molecule has 0 atom stereocenters. The molecule has 0 saturated carbocycles. The summed E-state index contributed by atoms with van der Waals surface area (Å²) in [6.45, 7) is 0.366. The highest BCUT2D eigenvalue weighted by Crippen LogP contribution is 2.27. The Hall–Kier alpha value is -1.98. The molecule has 0 saturated heterocycles. The average Bonchev–Trinajstić information content (AvgIpc) is 2.48. The third kappa shape index (κ3) is 2.64. The maximum atomic E-state index is 5.77. The van der Waals surface area contributed by atoms with Crippen molar-refractivity contribution in [2.24, 2.45) is 5.73 Å². The van der Waals surface area contributed by atoms with E-state index in [1.807, 2.05) is 30.3 Å². The number of hydrogen-bond acceptors (Lipinski definition) is 4. The molecule has 3 aromatic rings. The van der Waals surface area contributed by atoms with Crippen LogP contribution in [-0.4, -0.2) is 10.2 Å². The van der Waals surface area contributed by atoms with E-state index in [0.717, 1.165) is 26.6 Å². The molecule has 0 spiro atoms. The van der Waals surface area contributed by atoms with E-state index in [1.165, 1.54) is 0 Å². The van der Waals surface area contributed by atoms with Crippen LogP contribution >= 0.6 is 15.9 Å². The van der Waals surface area contributed by atoms with Gasteiger partial charge in [0.15, 0.2) is 0 Å². The summed E-state index contributed by atoms with van der Waals surface area (Å²) in [5.41, 5.74) is 6.49. The zero-order chi connectivity index (χ0) is 13.9. The highest BCUT2D eigenvalue weighted by Gasteiger charge is 2.06. The van der Waals surface area contributed by atoms with Crippen LogP contribution < -0.4 is 10.5 Å². The second-order valence-corrected chi connectivity index (χ2v) is 5.24. The Labute approximate surface area is 124 Å². The van der Waals surface area contributed by atoms with Crippen LogP contribution in [0.15, 0.2) is 53.1 Å². The van der Waals surface area contributed by atoms with Gasteiger partial charge in [-0.2, -0.15) is 5.10 Å². The second-order valence-electron chi connectivity index (χ2n) is 4.32. The fraction of sp³-hybridized carbons (Fsp3) is 0.0667. The van der Waals surface area contributed by atoms with E-state index in [4.69, 9.17) is 10.5 Å². The van der Waals surface area contributed by atoms with E-state index in [2.05, 4.69) is 32.2 Å². The molecule has 100 valence electrons. The Morgan fingerprint density at radius 3 is 2.70 bits per heavy atom. The smallest absolute Gasteiger partial charge is 0.243 e. The second kappa shape index (κ2) is 5.56. The number of rotatable bonds is 3. The number of hydrogen-bond donors (Lipinski definition) is 1. The topological polar surface area (TPSA) is 61.0 Å². The predicted octanol–water partition coefficient (Wildman–Crippen LogP) is 3.64. The quantitative estimate of drug-likeness (QED) is 0.796. The van der Waals surface area contributed by atoms with E-state index in [0.29, 0.717) is 12.4 Å². The zero-order valence-corrected chi connectivity index (χ0v) is 12.2. The van der Waals surface area contributed by atoms with Crippen LogP contribution in [0.5, 0.6) is 11.6 Å². The number of ether oxygens (including phenoxy) is 1. The molecule has 0 amide bonds. The van der Waals surface area contributed by atoms with E-state index in [9.17, 15) is 0 Å². The minimum atomic E-state index is 0.366. The summed E-state index contributed by atoms with van der Waals surface area (Å²) < 4.78 is 6.83. The number of nitrogens with zero attached hydrogens (tertiary/aromatic N) is 2. The molecule has 2 aromatic carbocycles.